The summed E-state index contributed by atoms with van der Waals surface area (Å²) in [4.78, 5) is 25.7. The Balaban J connectivity index is 1.57. The van der Waals surface area contributed by atoms with Crippen molar-refractivity contribution in [2.45, 2.75) is 12.3 Å². The fourth-order valence-electron chi connectivity index (χ4n) is 4.44. The third-order valence-electron chi connectivity index (χ3n) is 6.10. The zero-order valence-corrected chi connectivity index (χ0v) is 15.6. The van der Waals surface area contributed by atoms with Crippen LogP contribution in [-0.2, 0) is 4.74 Å². The van der Waals surface area contributed by atoms with E-state index in [1.54, 1.807) is 30.3 Å². The molecule has 0 spiro atoms. The third-order valence-corrected chi connectivity index (χ3v) is 6.10. The van der Waals surface area contributed by atoms with Crippen LogP contribution in [0.25, 0.3) is 0 Å². The third kappa shape index (κ3) is 2.81. The predicted octanol–water partition coefficient (Wildman–Crippen LogP) is 3.04. The van der Waals surface area contributed by atoms with E-state index in [0.717, 1.165) is 0 Å². The lowest BCUT2D eigenvalue weighted by atomic mass is 9.89. The molecule has 2 heterocycles. The number of Topliss-reactive ketones (excluding diaryl/α,β-unsaturated/α-hetero) is 1. The first kappa shape index (κ1) is 15.3. The fraction of sp³-hybridized carbons (Fsp3) is 0.391. The van der Waals surface area contributed by atoms with Crippen LogP contribution >= 0.6 is 0 Å². The fourth-order valence-corrected chi connectivity index (χ4v) is 4.44. The SMILES string of the molecule is [2H]C1Oc2c(C(=O)NC)cc(C(=O)CC3[C@H]4COC[C@@H]34)cc2C1([2H])c1ccccc1. The molecule has 3 aliphatic rings. The molecule has 1 saturated heterocycles. The molecule has 5 nitrogen and oxygen atoms in total. The van der Waals surface area contributed by atoms with Crippen molar-refractivity contribution in [2.75, 3.05) is 26.8 Å². The van der Waals surface area contributed by atoms with Crippen LogP contribution in [0.5, 0.6) is 5.75 Å². The average molecular weight is 379 g/mol. The second-order valence-corrected chi connectivity index (χ2v) is 7.65. The molecule has 3 unspecified atom stereocenters. The van der Waals surface area contributed by atoms with Gasteiger partial charge in [0.1, 0.15) is 5.75 Å². The Bertz CT molecular complexity index is 1020. The summed E-state index contributed by atoms with van der Waals surface area (Å²) in [5.74, 6) is -0.517. The normalized spacial score (nSPS) is 33.2. The van der Waals surface area contributed by atoms with Crippen LogP contribution in [0.1, 0.15) is 46.9 Å². The number of ether oxygens (including phenoxy) is 2. The molecule has 5 atom stereocenters. The van der Waals surface area contributed by atoms with Crippen LogP contribution in [0.4, 0.5) is 0 Å². The summed E-state index contributed by atoms with van der Waals surface area (Å²) in [6.45, 7) is 0.187. The molecule has 0 aromatic heterocycles. The van der Waals surface area contributed by atoms with Crippen LogP contribution in [0.3, 0.4) is 0 Å². The summed E-state index contributed by atoms with van der Waals surface area (Å²) in [5.41, 5.74) is 1.56. The highest BCUT2D eigenvalue weighted by molar-refractivity contribution is 6.03. The minimum atomic E-state index is -1.53. The molecule has 1 saturated carbocycles. The number of amides is 1. The van der Waals surface area contributed by atoms with Crippen LogP contribution in [0.15, 0.2) is 42.5 Å². The van der Waals surface area contributed by atoms with Gasteiger partial charge in [-0.25, -0.2) is 0 Å². The van der Waals surface area contributed by atoms with Gasteiger partial charge in [-0.15, -0.1) is 0 Å². The number of ketones is 1. The van der Waals surface area contributed by atoms with Crippen LogP contribution in [0, 0.1) is 17.8 Å². The van der Waals surface area contributed by atoms with Crippen molar-refractivity contribution >= 4 is 11.7 Å². The summed E-state index contributed by atoms with van der Waals surface area (Å²) >= 11 is 0. The standard InChI is InChI=1S/C23H23NO4/c1-24-23(26)17-8-14(21(25)9-15-19-10-27-11-20(15)19)7-16-18(12-28-22(16)17)13-5-3-2-4-6-13/h2-8,15,18-20H,9-12H2,1H3,(H,24,26)/t15?,18?,19-,20+/i12D,18D/t12?,15?,18?,19-,20+. The Hall–Kier alpha value is -2.66. The molecular weight excluding hydrogens is 354 g/mol. The molecule has 1 N–H and O–H groups in total. The molecule has 5 heteroatoms. The minimum Gasteiger partial charge on any atom is -0.491 e. The monoisotopic (exact) mass is 379 g/mol. The Morgan fingerprint density at radius 2 is 1.96 bits per heavy atom. The molecule has 144 valence electrons. The number of fused-ring (bicyclic) bond motifs is 2. The van der Waals surface area contributed by atoms with E-state index in [1.165, 1.54) is 13.1 Å². The number of hydrogen-bond donors (Lipinski definition) is 1. The van der Waals surface area contributed by atoms with E-state index < -0.39 is 18.4 Å². The van der Waals surface area contributed by atoms with E-state index in [2.05, 4.69) is 5.32 Å². The number of carbonyl (C=O) groups is 2. The zero-order chi connectivity index (χ0) is 21.0. The first-order valence-corrected chi connectivity index (χ1v) is 9.61. The van der Waals surface area contributed by atoms with Gasteiger partial charge in [0.2, 0.25) is 0 Å². The molecule has 2 aromatic rings. The highest BCUT2D eigenvalue weighted by atomic mass is 16.5. The Kier molecular flexibility index (Phi) is 3.68. The van der Waals surface area contributed by atoms with Crippen molar-refractivity contribution in [3.8, 4) is 5.75 Å². The number of rotatable bonds is 5. The average Bonchev–Trinajstić information content (AvgIpc) is 3.09. The van der Waals surface area contributed by atoms with Gasteiger partial charge < -0.3 is 14.8 Å². The lowest BCUT2D eigenvalue weighted by molar-refractivity contribution is 0.0950. The lowest BCUT2D eigenvalue weighted by Gasteiger charge is -2.13. The molecule has 0 bridgehead atoms. The van der Waals surface area contributed by atoms with Gasteiger partial charge >= 0.3 is 0 Å². The molecule has 2 aromatic carbocycles. The van der Waals surface area contributed by atoms with E-state index in [9.17, 15) is 9.59 Å². The smallest absolute Gasteiger partial charge is 0.254 e. The van der Waals surface area contributed by atoms with E-state index in [0.29, 0.717) is 54.1 Å². The van der Waals surface area contributed by atoms with Gasteiger partial charge in [0.15, 0.2) is 5.78 Å². The molecule has 0 radical (unpaired) electrons. The van der Waals surface area contributed by atoms with Crippen molar-refractivity contribution in [1.29, 1.82) is 0 Å². The molecule has 1 aliphatic carbocycles. The number of nitrogens with one attached hydrogen (secondary N) is 1. The number of hydrogen-bond acceptors (Lipinski definition) is 4. The number of benzene rings is 2. The highest BCUT2D eigenvalue weighted by Gasteiger charge is 2.54. The second kappa shape index (κ2) is 6.74. The van der Waals surface area contributed by atoms with E-state index in [4.69, 9.17) is 12.2 Å². The van der Waals surface area contributed by atoms with E-state index in [1.807, 2.05) is 6.07 Å². The van der Waals surface area contributed by atoms with Gasteiger partial charge in [-0.1, -0.05) is 30.3 Å². The van der Waals surface area contributed by atoms with Crippen LogP contribution in [-0.4, -0.2) is 38.5 Å². The van der Waals surface area contributed by atoms with Crippen molar-refractivity contribution in [3.63, 3.8) is 0 Å². The van der Waals surface area contributed by atoms with Gasteiger partial charge in [-0.3, -0.25) is 9.59 Å². The van der Waals surface area contributed by atoms with Crippen molar-refractivity contribution < 1.29 is 21.8 Å². The second-order valence-electron chi connectivity index (χ2n) is 7.65. The Labute approximate surface area is 166 Å². The van der Waals surface area contributed by atoms with Gasteiger partial charge in [-0.2, -0.15) is 0 Å². The van der Waals surface area contributed by atoms with Gasteiger partial charge in [0.25, 0.3) is 5.91 Å². The maximum Gasteiger partial charge on any atom is 0.254 e. The van der Waals surface area contributed by atoms with Crippen LogP contribution in [0.2, 0.25) is 0 Å². The predicted molar refractivity (Wildman–Crippen MR) is 104 cm³/mol. The molecular formula is C23H23NO4. The Morgan fingerprint density at radius 1 is 1.21 bits per heavy atom. The Morgan fingerprint density at radius 3 is 2.68 bits per heavy atom. The summed E-state index contributed by atoms with van der Waals surface area (Å²) in [5, 5.41) is 2.58. The van der Waals surface area contributed by atoms with Gasteiger partial charge in [0, 0.05) is 31.9 Å². The van der Waals surface area contributed by atoms with Crippen molar-refractivity contribution in [2.24, 2.45) is 17.8 Å². The van der Waals surface area contributed by atoms with Crippen molar-refractivity contribution in [3.05, 3.63) is 64.7 Å². The maximum absolute atomic E-state index is 13.1. The lowest BCUT2D eigenvalue weighted by Crippen LogP contribution is -2.19. The zero-order valence-electron chi connectivity index (χ0n) is 17.6. The molecule has 5 rings (SSSR count). The largest absolute Gasteiger partial charge is 0.491 e. The number of carbonyl (C=O) groups excluding carboxylic acids is 2. The molecule has 1 amide bonds. The molecule has 2 fully saturated rings. The summed E-state index contributed by atoms with van der Waals surface area (Å²) < 4.78 is 28.7. The minimum absolute atomic E-state index is 0.0498. The molecule has 28 heavy (non-hydrogen) atoms. The highest BCUT2D eigenvalue weighted by Crippen LogP contribution is 2.53. The molecule has 2 aliphatic heterocycles. The van der Waals surface area contributed by atoms with Crippen molar-refractivity contribution in [1.82, 2.24) is 5.32 Å². The quantitative estimate of drug-likeness (QED) is 0.811. The van der Waals surface area contributed by atoms with Crippen LogP contribution < -0.4 is 10.1 Å². The van der Waals surface area contributed by atoms with Gasteiger partial charge in [-0.05, 0) is 35.4 Å². The summed E-state index contributed by atoms with van der Waals surface area (Å²) in [6.07, 6.45) is 0.409. The van der Waals surface area contributed by atoms with E-state index in [-0.39, 0.29) is 17.1 Å². The summed E-state index contributed by atoms with van der Waals surface area (Å²) in [6, 6.07) is 12.2. The first-order valence-electron chi connectivity index (χ1n) is 10.7. The van der Waals surface area contributed by atoms with Gasteiger partial charge in [0.05, 0.1) is 26.7 Å². The first-order chi connectivity index (χ1) is 14.4. The topological polar surface area (TPSA) is 64.6 Å². The van der Waals surface area contributed by atoms with E-state index >= 15 is 0 Å². The maximum atomic E-state index is 13.1. The summed E-state index contributed by atoms with van der Waals surface area (Å²) in [7, 11) is 1.51.